The highest BCUT2D eigenvalue weighted by molar-refractivity contribution is 8.13. The predicted molar refractivity (Wildman–Crippen MR) is 62.7 cm³/mol. The van der Waals surface area contributed by atoms with Crippen molar-refractivity contribution in [2.45, 2.75) is 31.3 Å². The molecule has 0 amide bonds. The first-order valence-corrected chi connectivity index (χ1v) is 7.57. The van der Waals surface area contributed by atoms with Crippen molar-refractivity contribution in [1.82, 2.24) is 19.7 Å². The van der Waals surface area contributed by atoms with Crippen LogP contribution in [0.4, 0.5) is 0 Å². The van der Waals surface area contributed by atoms with Gasteiger partial charge in [0, 0.05) is 23.3 Å². The Hall–Kier alpha value is -1.41. The molecule has 9 heteroatoms. The molecule has 0 aliphatic rings. The summed E-state index contributed by atoms with van der Waals surface area (Å²) >= 11 is 0. The second kappa shape index (κ2) is 5.07. The van der Waals surface area contributed by atoms with Crippen LogP contribution < -0.4 is 0 Å². The normalized spacial score (nSPS) is 11.9. The molecule has 0 fully saturated rings. The molecule has 2 rings (SSSR count). The third-order valence-electron chi connectivity index (χ3n) is 2.28. The Balaban J connectivity index is 2.35. The summed E-state index contributed by atoms with van der Waals surface area (Å²) < 4.78 is 28.8. The van der Waals surface area contributed by atoms with E-state index in [9.17, 15) is 8.42 Å². The number of nitrogens with zero attached hydrogens (tertiary/aromatic N) is 4. The van der Waals surface area contributed by atoms with E-state index in [1.165, 1.54) is 12.6 Å². The molecule has 0 aliphatic heterocycles. The van der Waals surface area contributed by atoms with Gasteiger partial charge in [-0.15, -0.1) is 0 Å². The van der Waals surface area contributed by atoms with E-state index >= 15 is 0 Å². The Bertz CT molecular complexity index is 620. The molecule has 18 heavy (non-hydrogen) atoms. The van der Waals surface area contributed by atoms with Crippen LogP contribution >= 0.6 is 10.7 Å². The van der Waals surface area contributed by atoms with Crippen LogP contribution in [0, 0.1) is 0 Å². The highest BCUT2D eigenvalue weighted by atomic mass is 35.7. The maximum atomic E-state index is 11.2. The summed E-state index contributed by atoms with van der Waals surface area (Å²) in [4.78, 5) is 7.88. The lowest BCUT2D eigenvalue weighted by Gasteiger charge is -2.02. The molecule has 0 saturated carbocycles. The van der Waals surface area contributed by atoms with Crippen molar-refractivity contribution >= 4 is 19.7 Å². The topological polar surface area (TPSA) is 90.9 Å². The van der Waals surface area contributed by atoms with Crippen molar-refractivity contribution < 1.29 is 12.9 Å². The first kappa shape index (κ1) is 13.0. The van der Waals surface area contributed by atoms with Crippen molar-refractivity contribution in [3.8, 4) is 0 Å². The number of aromatic nitrogens is 4. The van der Waals surface area contributed by atoms with E-state index in [1.807, 2.05) is 6.92 Å². The fourth-order valence-corrected chi connectivity index (χ4v) is 2.21. The zero-order valence-electron chi connectivity index (χ0n) is 9.58. The number of hydrogen-bond acceptors (Lipinski definition) is 6. The average molecular weight is 291 g/mol. The summed E-state index contributed by atoms with van der Waals surface area (Å²) in [5.41, 5.74) is 0. The van der Waals surface area contributed by atoms with Gasteiger partial charge in [-0.3, -0.25) is 0 Å². The van der Waals surface area contributed by atoms with Crippen LogP contribution in [-0.2, 0) is 22.0 Å². The average Bonchev–Trinajstić information content (AvgIpc) is 2.89. The standard InChI is InChI=1S/C9H11ClN4O3S/c1-2-3-8-12-9(18(10,15)16)5-14(8)4-7-11-6-17-13-7/h5-6H,2-4H2,1H3. The van der Waals surface area contributed by atoms with Crippen molar-refractivity contribution in [3.63, 3.8) is 0 Å². The van der Waals surface area contributed by atoms with Crippen LogP contribution in [0.3, 0.4) is 0 Å². The first-order chi connectivity index (χ1) is 8.50. The van der Waals surface area contributed by atoms with E-state index in [-0.39, 0.29) is 5.03 Å². The minimum atomic E-state index is -3.83. The molecule has 98 valence electrons. The molecule has 0 spiro atoms. The van der Waals surface area contributed by atoms with Gasteiger partial charge >= 0.3 is 0 Å². The smallest absolute Gasteiger partial charge is 0.280 e. The molecule has 0 aromatic carbocycles. The number of imidazole rings is 1. The predicted octanol–water partition coefficient (Wildman–Crippen LogP) is 1.19. The van der Waals surface area contributed by atoms with E-state index in [4.69, 9.17) is 10.7 Å². The monoisotopic (exact) mass is 290 g/mol. The molecule has 0 saturated heterocycles. The van der Waals surface area contributed by atoms with Gasteiger partial charge in [0.2, 0.25) is 6.39 Å². The summed E-state index contributed by atoms with van der Waals surface area (Å²) in [6.45, 7) is 2.27. The number of rotatable bonds is 5. The molecule has 2 aromatic heterocycles. The number of halogens is 1. The lowest BCUT2D eigenvalue weighted by Crippen LogP contribution is -2.05. The Morgan fingerprint density at radius 2 is 2.28 bits per heavy atom. The minimum absolute atomic E-state index is 0.156. The van der Waals surface area contributed by atoms with E-state index in [0.29, 0.717) is 24.6 Å². The van der Waals surface area contributed by atoms with E-state index < -0.39 is 9.05 Å². The SMILES string of the molecule is CCCc1nc(S(=O)(=O)Cl)cn1Cc1ncon1. The van der Waals surface area contributed by atoms with Crippen LogP contribution in [0.15, 0.2) is 22.1 Å². The van der Waals surface area contributed by atoms with E-state index in [2.05, 4.69) is 19.6 Å². The van der Waals surface area contributed by atoms with Crippen LogP contribution in [0.5, 0.6) is 0 Å². The molecule has 0 unspecified atom stereocenters. The van der Waals surface area contributed by atoms with Gasteiger partial charge in [0.15, 0.2) is 10.9 Å². The van der Waals surface area contributed by atoms with Crippen LogP contribution in [0.25, 0.3) is 0 Å². The van der Waals surface area contributed by atoms with Gasteiger partial charge in [0.25, 0.3) is 9.05 Å². The maximum Gasteiger partial charge on any atom is 0.280 e. The molecule has 2 heterocycles. The van der Waals surface area contributed by atoms with Crippen molar-refractivity contribution in [3.05, 3.63) is 24.2 Å². The lowest BCUT2D eigenvalue weighted by molar-refractivity contribution is 0.407. The summed E-state index contributed by atoms with van der Waals surface area (Å²) in [5.74, 6) is 1.07. The van der Waals surface area contributed by atoms with E-state index in [0.717, 1.165) is 6.42 Å². The molecule has 0 radical (unpaired) electrons. The summed E-state index contributed by atoms with van der Waals surface area (Å²) in [5, 5.41) is 3.51. The molecule has 0 bridgehead atoms. The Labute approximate surface area is 108 Å². The molecular weight excluding hydrogens is 280 g/mol. The minimum Gasteiger partial charge on any atom is -0.343 e. The molecule has 0 aliphatic carbocycles. The quantitative estimate of drug-likeness (QED) is 0.768. The summed E-state index contributed by atoms with van der Waals surface area (Å²) in [7, 11) is 1.45. The zero-order valence-corrected chi connectivity index (χ0v) is 11.1. The summed E-state index contributed by atoms with van der Waals surface area (Å²) in [6, 6.07) is 0. The summed E-state index contributed by atoms with van der Waals surface area (Å²) in [6.07, 6.45) is 4.07. The highest BCUT2D eigenvalue weighted by Crippen LogP contribution is 2.16. The lowest BCUT2D eigenvalue weighted by atomic mass is 10.3. The third-order valence-corrected chi connectivity index (χ3v) is 3.45. The second-order valence-corrected chi connectivity index (χ2v) is 6.17. The van der Waals surface area contributed by atoms with Gasteiger partial charge in [0.05, 0.1) is 6.54 Å². The fourth-order valence-electron chi connectivity index (χ4n) is 1.52. The first-order valence-electron chi connectivity index (χ1n) is 5.26. The van der Waals surface area contributed by atoms with Crippen molar-refractivity contribution in [2.75, 3.05) is 0 Å². The second-order valence-electron chi connectivity index (χ2n) is 3.66. The van der Waals surface area contributed by atoms with E-state index in [1.54, 1.807) is 4.57 Å². The van der Waals surface area contributed by atoms with Crippen LogP contribution in [-0.4, -0.2) is 28.1 Å². The number of aryl methyl sites for hydroxylation is 1. The zero-order chi connectivity index (χ0) is 13.2. The van der Waals surface area contributed by atoms with Crippen molar-refractivity contribution in [2.24, 2.45) is 0 Å². The largest absolute Gasteiger partial charge is 0.343 e. The maximum absolute atomic E-state index is 11.2. The van der Waals surface area contributed by atoms with Gasteiger partial charge in [-0.1, -0.05) is 12.1 Å². The van der Waals surface area contributed by atoms with Crippen molar-refractivity contribution in [1.29, 1.82) is 0 Å². The van der Waals surface area contributed by atoms with Gasteiger partial charge in [-0.25, -0.2) is 13.4 Å². The Kier molecular flexibility index (Phi) is 3.67. The fraction of sp³-hybridized carbons (Fsp3) is 0.444. The van der Waals surface area contributed by atoms with Gasteiger partial charge in [-0.2, -0.15) is 4.98 Å². The number of hydrogen-bond donors (Lipinski definition) is 0. The Morgan fingerprint density at radius 1 is 1.50 bits per heavy atom. The molecule has 0 atom stereocenters. The Morgan fingerprint density at radius 3 is 2.83 bits per heavy atom. The molecule has 2 aromatic rings. The molecule has 7 nitrogen and oxygen atoms in total. The highest BCUT2D eigenvalue weighted by Gasteiger charge is 2.18. The third kappa shape index (κ3) is 2.88. The molecule has 0 N–H and O–H groups in total. The van der Waals surface area contributed by atoms with Crippen LogP contribution in [0.1, 0.15) is 25.0 Å². The van der Waals surface area contributed by atoms with Gasteiger partial charge in [0.1, 0.15) is 5.82 Å². The van der Waals surface area contributed by atoms with Gasteiger partial charge < -0.3 is 9.09 Å². The van der Waals surface area contributed by atoms with Crippen LogP contribution in [0.2, 0.25) is 0 Å². The van der Waals surface area contributed by atoms with Gasteiger partial charge in [-0.05, 0) is 6.42 Å². The molecular formula is C9H11ClN4O3S.